The zero-order chi connectivity index (χ0) is 17.0. The minimum absolute atomic E-state index is 1.27. The van der Waals surface area contributed by atoms with Crippen molar-refractivity contribution in [3.05, 3.63) is 33.2 Å². The molecule has 0 unspecified atom stereocenters. The number of aryl methyl sites for hydroxylation is 4. The van der Waals surface area contributed by atoms with Gasteiger partial charge in [0.1, 0.15) is 14.1 Å². The summed E-state index contributed by atoms with van der Waals surface area (Å²) in [6, 6.07) is 0. The third kappa shape index (κ3) is 8.39. The fourth-order valence-corrected chi connectivity index (χ4v) is 4.84. The lowest BCUT2D eigenvalue weighted by atomic mass is 10.0. The van der Waals surface area contributed by atoms with E-state index in [1.807, 2.05) is 22.7 Å². The molecule has 0 aliphatic heterocycles. The first-order chi connectivity index (χ1) is 11.7. The van der Waals surface area contributed by atoms with E-state index in [0.29, 0.717) is 0 Å². The Kier molecular flexibility index (Phi) is 9.59. The summed E-state index contributed by atoms with van der Waals surface area (Å²) >= 11 is 3.79. The highest BCUT2D eigenvalue weighted by Gasteiger charge is 2.03. The summed E-state index contributed by atoms with van der Waals surface area (Å²) in [5.41, 5.74) is 4.38. The highest BCUT2D eigenvalue weighted by molar-refractivity contribution is 7.09. The quantitative estimate of drug-likeness (QED) is 0.342. The predicted octanol–water partition coefficient (Wildman–Crippen LogP) is 5.14. The van der Waals surface area contributed by atoms with Crippen LogP contribution in [0.25, 0.3) is 0 Å². The molecular formula is C20H34N2S2+2. The molecule has 0 aromatic carbocycles. The summed E-state index contributed by atoms with van der Waals surface area (Å²) in [4.78, 5) is 3.07. The Hall–Kier alpha value is -0.740. The largest absolute Gasteiger partial charge is 0.224 e. The van der Waals surface area contributed by atoms with Crippen LogP contribution in [0.2, 0.25) is 0 Å². The van der Waals surface area contributed by atoms with Crippen molar-refractivity contribution in [2.24, 2.45) is 14.1 Å². The summed E-state index contributed by atoms with van der Waals surface area (Å²) < 4.78 is 4.33. The first kappa shape index (κ1) is 19.6. The van der Waals surface area contributed by atoms with Crippen molar-refractivity contribution in [1.29, 1.82) is 0 Å². The molecule has 0 fully saturated rings. The molecule has 0 bridgehead atoms. The van der Waals surface area contributed by atoms with Crippen molar-refractivity contribution >= 4 is 22.7 Å². The van der Waals surface area contributed by atoms with Crippen molar-refractivity contribution in [2.45, 2.75) is 77.0 Å². The van der Waals surface area contributed by atoms with Gasteiger partial charge >= 0.3 is 0 Å². The number of thiazole rings is 2. The Morgan fingerprint density at radius 1 is 0.583 bits per heavy atom. The van der Waals surface area contributed by atoms with Gasteiger partial charge < -0.3 is 0 Å². The smallest absolute Gasteiger partial charge is 0.198 e. The van der Waals surface area contributed by atoms with Crippen molar-refractivity contribution < 1.29 is 9.13 Å². The van der Waals surface area contributed by atoms with Crippen LogP contribution in [0.4, 0.5) is 0 Å². The molecule has 0 saturated carbocycles. The van der Waals surface area contributed by atoms with E-state index in [1.165, 1.54) is 86.8 Å². The minimum atomic E-state index is 1.27. The molecule has 0 spiro atoms. The molecule has 2 aromatic rings. The fourth-order valence-electron chi connectivity index (χ4n) is 3.14. The molecule has 0 radical (unpaired) electrons. The Bertz CT molecular complexity index is 509. The lowest BCUT2D eigenvalue weighted by Gasteiger charge is -2.02. The van der Waals surface area contributed by atoms with Crippen molar-refractivity contribution in [3.8, 4) is 0 Å². The van der Waals surface area contributed by atoms with Gasteiger partial charge in [0.05, 0.1) is 9.75 Å². The summed E-state index contributed by atoms with van der Waals surface area (Å²) in [7, 11) is 4.23. The van der Waals surface area contributed by atoms with E-state index in [1.54, 1.807) is 0 Å². The van der Waals surface area contributed by atoms with E-state index >= 15 is 0 Å². The molecule has 2 rings (SSSR count). The molecule has 0 N–H and O–H groups in total. The Morgan fingerprint density at radius 2 is 0.917 bits per heavy atom. The Labute approximate surface area is 156 Å². The molecule has 0 amide bonds. The maximum absolute atomic E-state index is 2.27. The zero-order valence-corrected chi connectivity index (χ0v) is 17.1. The van der Waals surface area contributed by atoms with Crippen LogP contribution in [0.1, 0.15) is 74.0 Å². The van der Waals surface area contributed by atoms with Crippen LogP contribution in [0, 0.1) is 0 Å². The monoisotopic (exact) mass is 366 g/mol. The van der Waals surface area contributed by atoms with Crippen LogP contribution in [-0.2, 0) is 26.9 Å². The van der Waals surface area contributed by atoms with Gasteiger partial charge in [0, 0.05) is 0 Å². The van der Waals surface area contributed by atoms with Crippen molar-refractivity contribution in [2.75, 3.05) is 0 Å². The molecule has 0 aliphatic carbocycles. The first-order valence-electron chi connectivity index (χ1n) is 9.59. The lowest BCUT2D eigenvalue weighted by molar-refractivity contribution is -0.666. The summed E-state index contributed by atoms with van der Waals surface area (Å²) in [6.07, 6.45) is 21.2. The van der Waals surface area contributed by atoms with Crippen molar-refractivity contribution in [3.63, 3.8) is 0 Å². The average Bonchev–Trinajstić information content (AvgIpc) is 3.17. The molecule has 2 heterocycles. The van der Waals surface area contributed by atoms with Crippen molar-refractivity contribution in [1.82, 2.24) is 0 Å². The van der Waals surface area contributed by atoms with Gasteiger partial charge in [0.2, 0.25) is 11.0 Å². The molecule has 0 saturated heterocycles. The predicted molar refractivity (Wildman–Crippen MR) is 105 cm³/mol. The third-order valence-electron chi connectivity index (χ3n) is 4.53. The first-order valence-corrected chi connectivity index (χ1v) is 11.4. The Balaban J connectivity index is 1.32. The second kappa shape index (κ2) is 11.8. The van der Waals surface area contributed by atoms with E-state index in [-0.39, 0.29) is 0 Å². The van der Waals surface area contributed by atoms with Gasteiger partial charge in [-0.15, -0.1) is 0 Å². The second-order valence-electron chi connectivity index (χ2n) is 7.00. The van der Waals surface area contributed by atoms with Crippen LogP contribution < -0.4 is 9.13 Å². The highest BCUT2D eigenvalue weighted by Crippen LogP contribution is 2.15. The molecule has 24 heavy (non-hydrogen) atoms. The molecule has 134 valence electrons. The van der Waals surface area contributed by atoms with E-state index in [4.69, 9.17) is 0 Å². The maximum Gasteiger partial charge on any atom is 0.224 e. The molecule has 0 atom stereocenters. The average molecular weight is 367 g/mol. The van der Waals surface area contributed by atoms with E-state index in [2.05, 4.69) is 46.6 Å². The number of rotatable bonds is 13. The van der Waals surface area contributed by atoms with Gasteiger partial charge in [-0.1, -0.05) is 74.0 Å². The normalized spacial score (nSPS) is 11.2. The summed E-state index contributed by atoms with van der Waals surface area (Å²) in [5, 5.41) is 0. The maximum atomic E-state index is 2.27. The van der Waals surface area contributed by atoms with Gasteiger partial charge in [-0.3, -0.25) is 0 Å². The highest BCUT2D eigenvalue weighted by atomic mass is 32.1. The van der Waals surface area contributed by atoms with Crippen LogP contribution in [0.15, 0.2) is 23.4 Å². The Morgan fingerprint density at radius 3 is 1.21 bits per heavy atom. The number of aromatic nitrogens is 2. The van der Waals surface area contributed by atoms with Gasteiger partial charge in [0.15, 0.2) is 12.4 Å². The lowest BCUT2D eigenvalue weighted by Crippen LogP contribution is -2.22. The molecule has 2 nitrogen and oxygen atoms in total. The molecule has 2 aromatic heterocycles. The number of hydrogen-bond acceptors (Lipinski definition) is 2. The standard InChI is InChI=1S/C20H34N2S2/c1-21-15-19(23-17-21)13-11-9-7-5-3-4-6-8-10-12-14-20-16-22(2)18-24-20/h15-18H,3-14H2,1-2H3/q+2. The number of unbranched alkanes of at least 4 members (excludes halogenated alkanes) is 9. The van der Waals surface area contributed by atoms with Gasteiger partial charge in [-0.2, -0.15) is 9.13 Å². The van der Waals surface area contributed by atoms with Crippen LogP contribution in [0.5, 0.6) is 0 Å². The third-order valence-corrected chi connectivity index (χ3v) is 6.63. The van der Waals surface area contributed by atoms with Crippen LogP contribution >= 0.6 is 22.7 Å². The van der Waals surface area contributed by atoms with Crippen LogP contribution in [0.3, 0.4) is 0 Å². The van der Waals surface area contributed by atoms with E-state index in [0.717, 1.165) is 0 Å². The number of hydrogen-bond donors (Lipinski definition) is 0. The van der Waals surface area contributed by atoms with Gasteiger partial charge in [-0.25, -0.2) is 0 Å². The number of nitrogens with zero attached hydrogens (tertiary/aromatic N) is 2. The second-order valence-corrected chi connectivity index (χ2v) is 8.95. The van der Waals surface area contributed by atoms with Crippen LogP contribution in [-0.4, -0.2) is 0 Å². The van der Waals surface area contributed by atoms with Gasteiger partial charge in [0.25, 0.3) is 0 Å². The van der Waals surface area contributed by atoms with E-state index < -0.39 is 0 Å². The minimum Gasteiger partial charge on any atom is -0.198 e. The fraction of sp³-hybridized carbons (Fsp3) is 0.700. The zero-order valence-electron chi connectivity index (χ0n) is 15.5. The molecule has 0 aliphatic rings. The summed E-state index contributed by atoms with van der Waals surface area (Å²) in [5.74, 6) is 0. The van der Waals surface area contributed by atoms with E-state index in [9.17, 15) is 0 Å². The van der Waals surface area contributed by atoms with Gasteiger partial charge in [-0.05, 0) is 25.7 Å². The molecular weight excluding hydrogens is 332 g/mol. The molecule has 4 heteroatoms. The summed E-state index contributed by atoms with van der Waals surface area (Å²) in [6.45, 7) is 0. The topological polar surface area (TPSA) is 7.76 Å². The SMILES string of the molecule is C[n+]1csc(CCCCCCCCCCCCc2c[n+](C)cs2)c1.